The molecule has 0 N–H and O–H groups in total. The van der Waals surface area contributed by atoms with Crippen LogP contribution in [0.1, 0.15) is 13.8 Å². The lowest BCUT2D eigenvalue weighted by Crippen LogP contribution is -2.28. The Morgan fingerprint density at radius 1 is 1.40 bits per heavy atom. The second-order valence-electron chi connectivity index (χ2n) is 3.19. The Hall–Kier alpha value is -0.610. The standard InChI is InChI=1S/C11H17BrN2O/c1-3-14(4-2)7-8-15-11-9-10(12)5-6-13-11/h5-6,9H,3-4,7-8H2,1-2H3. The molecule has 0 spiro atoms. The van der Waals surface area contributed by atoms with Crippen molar-refractivity contribution in [3.05, 3.63) is 22.8 Å². The molecule has 0 aliphatic carbocycles. The molecule has 0 atom stereocenters. The van der Waals surface area contributed by atoms with Gasteiger partial charge in [-0.3, -0.25) is 0 Å². The maximum absolute atomic E-state index is 5.54. The van der Waals surface area contributed by atoms with E-state index in [4.69, 9.17) is 4.74 Å². The third kappa shape index (κ3) is 4.62. The summed E-state index contributed by atoms with van der Waals surface area (Å²) in [6.07, 6.45) is 1.73. The molecule has 0 radical (unpaired) electrons. The monoisotopic (exact) mass is 272 g/mol. The molecule has 1 aromatic rings. The Morgan fingerprint density at radius 3 is 2.73 bits per heavy atom. The van der Waals surface area contributed by atoms with Gasteiger partial charge in [0.1, 0.15) is 6.61 Å². The molecule has 0 unspecified atom stereocenters. The van der Waals surface area contributed by atoms with Gasteiger partial charge in [0.05, 0.1) is 0 Å². The first-order chi connectivity index (χ1) is 7.26. The Kier molecular flexibility index (Phi) is 5.65. The molecule has 0 aliphatic rings. The van der Waals surface area contributed by atoms with Crippen LogP contribution in [0.15, 0.2) is 22.8 Å². The summed E-state index contributed by atoms with van der Waals surface area (Å²) in [4.78, 5) is 6.43. The largest absolute Gasteiger partial charge is 0.476 e. The summed E-state index contributed by atoms with van der Waals surface area (Å²) in [7, 11) is 0. The molecule has 0 saturated heterocycles. The molecule has 3 nitrogen and oxygen atoms in total. The lowest BCUT2D eigenvalue weighted by molar-refractivity contribution is 0.218. The van der Waals surface area contributed by atoms with E-state index in [1.54, 1.807) is 6.20 Å². The van der Waals surface area contributed by atoms with Crippen molar-refractivity contribution in [1.29, 1.82) is 0 Å². The molecule has 0 amide bonds. The van der Waals surface area contributed by atoms with Crippen LogP contribution in [0.25, 0.3) is 0 Å². The summed E-state index contributed by atoms with van der Waals surface area (Å²) < 4.78 is 6.53. The SMILES string of the molecule is CCN(CC)CCOc1cc(Br)ccn1. The second kappa shape index (κ2) is 6.80. The molecule has 0 saturated carbocycles. The maximum atomic E-state index is 5.54. The highest BCUT2D eigenvalue weighted by molar-refractivity contribution is 9.10. The summed E-state index contributed by atoms with van der Waals surface area (Å²) in [5, 5.41) is 0. The number of nitrogens with zero attached hydrogens (tertiary/aromatic N) is 2. The van der Waals surface area contributed by atoms with Gasteiger partial charge in [-0.05, 0) is 19.2 Å². The smallest absolute Gasteiger partial charge is 0.214 e. The molecule has 0 aliphatic heterocycles. The van der Waals surface area contributed by atoms with Crippen LogP contribution in [0.2, 0.25) is 0 Å². The fourth-order valence-corrected chi connectivity index (χ4v) is 1.60. The molecule has 0 bridgehead atoms. The van der Waals surface area contributed by atoms with Crippen molar-refractivity contribution in [2.24, 2.45) is 0 Å². The maximum Gasteiger partial charge on any atom is 0.214 e. The van der Waals surface area contributed by atoms with Gasteiger partial charge in [-0.1, -0.05) is 29.8 Å². The van der Waals surface area contributed by atoms with Crippen LogP contribution >= 0.6 is 15.9 Å². The number of ether oxygens (including phenoxy) is 1. The van der Waals surface area contributed by atoms with Crippen molar-refractivity contribution in [2.75, 3.05) is 26.2 Å². The molecule has 0 fully saturated rings. The van der Waals surface area contributed by atoms with Gasteiger partial charge in [-0.2, -0.15) is 0 Å². The number of hydrogen-bond acceptors (Lipinski definition) is 3. The van der Waals surface area contributed by atoms with Crippen LogP contribution in [0, 0.1) is 0 Å². The van der Waals surface area contributed by atoms with Gasteiger partial charge in [0, 0.05) is 23.3 Å². The van der Waals surface area contributed by atoms with E-state index in [2.05, 4.69) is 39.7 Å². The Bertz CT molecular complexity index is 290. The van der Waals surface area contributed by atoms with Gasteiger partial charge in [-0.25, -0.2) is 4.98 Å². The van der Waals surface area contributed by atoms with E-state index in [0.29, 0.717) is 12.5 Å². The average Bonchev–Trinajstić information content (AvgIpc) is 2.25. The quantitative estimate of drug-likeness (QED) is 0.796. The van der Waals surface area contributed by atoms with Crippen LogP contribution in [0.5, 0.6) is 5.88 Å². The summed E-state index contributed by atoms with van der Waals surface area (Å²) in [5.74, 6) is 0.677. The first kappa shape index (κ1) is 12.5. The number of halogens is 1. The van der Waals surface area contributed by atoms with Crippen LogP contribution in [0.4, 0.5) is 0 Å². The minimum atomic E-state index is 0.677. The number of rotatable bonds is 6. The fourth-order valence-electron chi connectivity index (χ4n) is 1.28. The molecule has 15 heavy (non-hydrogen) atoms. The lowest BCUT2D eigenvalue weighted by atomic mass is 10.5. The molecular formula is C11H17BrN2O. The third-order valence-corrected chi connectivity index (χ3v) is 2.74. The second-order valence-corrected chi connectivity index (χ2v) is 4.10. The van der Waals surface area contributed by atoms with Crippen molar-refractivity contribution in [1.82, 2.24) is 9.88 Å². The Labute approximate surface area is 99.6 Å². The molecule has 1 aromatic heterocycles. The number of aromatic nitrogens is 1. The topological polar surface area (TPSA) is 25.4 Å². The number of hydrogen-bond donors (Lipinski definition) is 0. The Morgan fingerprint density at radius 2 is 2.13 bits per heavy atom. The zero-order chi connectivity index (χ0) is 11.1. The number of pyridine rings is 1. The molecule has 4 heteroatoms. The van der Waals surface area contributed by atoms with E-state index in [9.17, 15) is 0 Å². The zero-order valence-electron chi connectivity index (χ0n) is 9.24. The first-order valence-electron chi connectivity index (χ1n) is 5.23. The predicted molar refractivity (Wildman–Crippen MR) is 65.2 cm³/mol. The van der Waals surface area contributed by atoms with Gasteiger partial charge in [-0.15, -0.1) is 0 Å². The highest BCUT2D eigenvalue weighted by Crippen LogP contribution is 2.14. The van der Waals surface area contributed by atoms with Crippen LogP contribution in [0.3, 0.4) is 0 Å². The summed E-state index contributed by atoms with van der Waals surface area (Å²) >= 11 is 3.38. The van der Waals surface area contributed by atoms with Gasteiger partial charge in [0.25, 0.3) is 0 Å². The van der Waals surface area contributed by atoms with E-state index < -0.39 is 0 Å². The lowest BCUT2D eigenvalue weighted by Gasteiger charge is -2.17. The molecule has 1 rings (SSSR count). The van der Waals surface area contributed by atoms with E-state index >= 15 is 0 Å². The molecule has 0 aromatic carbocycles. The third-order valence-electron chi connectivity index (χ3n) is 2.25. The summed E-state index contributed by atoms with van der Waals surface area (Å²) in [6, 6.07) is 3.76. The van der Waals surface area contributed by atoms with E-state index in [1.165, 1.54) is 0 Å². The van der Waals surface area contributed by atoms with Crippen LogP contribution < -0.4 is 4.74 Å². The molecular weight excluding hydrogens is 256 g/mol. The normalized spacial score (nSPS) is 10.7. The van der Waals surface area contributed by atoms with Crippen molar-refractivity contribution >= 4 is 15.9 Å². The van der Waals surface area contributed by atoms with Crippen LogP contribution in [-0.4, -0.2) is 36.1 Å². The highest BCUT2D eigenvalue weighted by atomic mass is 79.9. The van der Waals surface area contributed by atoms with Gasteiger partial charge in [0.15, 0.2) is 0 Å². The Balaban J connectivity index is 2.31. The zero-order valence-corrected chi connectivity index (χ0v) is 10.8. The van der Waals surface area contributed by atoms with Crippen LogP contribution in [-0.2, 0) is 0 Å². The minimum Gasteiger partial charge on any atom is -0.476 e. The summed E-state index contributed by atoms with van der Waals surface area (Å²) in [6.45, 7) is 8.06. The van der Waals surface area contributed by atoms with Crippen molar-refractivity contribution in [2.45, 2.75) is 13.8 Å². The average molecular weight is 273 g/mol. The van der Waals surface area contributed by atoms with Gasteiger partial charge in [0.2, 0.25) is 5.88 Å². The number of likely N-dealkylation sites (N-methyl/N-ethyl adjacent to an activating group) is 1. The van der Waals surface area contributed by atoms with E-state index in [1.807, 2.05) is 12.1 Å². The fraction of sp³-hybridized carbons (Fsp3) is 0.545. The summed E-state index contributed by atoms with van der Waals surface area (Å²) in [5.41, 5.74) is 0. The molecule has 84 valence electrons. The van der Waals surface area contributed by atoms with Crippen molar-refractivity contribution in [3.63, 3.8) is 0 Å². The predicted octanol–water partition coefficient (Wildman–Crippen LogP) is 2.56. The van der Waals surface area contributed by atoms with Gasteiger partial charge >= 0.3 is 0 Å². The van der Waals surface area contributed by atoms with Crippen molar-refractivity contribution in [3.8, 4) is 5.88 Å². The van der Waals surface area contributed by atoms with E-state index in [-0.39, 0.29) is 0 Å². The minimum absolute atomic E-state index is 0.677. The van der Waals surface area contributed by atoms with Crippen molar-refractivity contribution < 1.29 is 4.74 Å². The molecule has 1 heterocycles. The highest BCUT2D eigenvalue weighted by Gasteiger charge is 2.00. The van der Waals surface area contributed by atoms with Gasteiger partial charge < -0.3 is 9.64 Å². The first-order valence-corrected chi connectivity index (χ1v) is 6.02. The van der Waals surface area contributed by atoms with E-state index in [0.717, 1.165) is 24.1 Å².